The average Bonchev–Trinajstić information content (AvgIpc) is 3.02. The van der Waals surface area contributed by atoms with Crippen LogP contribution in [0.2, 0.25) is 0 Å². The number of piperazine rings is 1. The topological polar surface area (TPSA) is 78.0 Å². The second kappa shape index (κ2) is 7.40. The fourth-order valence-corrected chi connectivity index (χ4v) is 3.19. The van der Waals surface area contributed by atoms with Gasteiger partial charge in [-0.25, -0.2) is 9.97 Å². The number of nitrogens with one attached hydrogen (secondary N) is 1. The summed E-state index contributed by atoms with van der Waals surface area (Å²) in [5.41, 5.74) is -0.588. The van der Waals surface area contributed by atoms with E-state index in [0.717, 1.165) is 17.3 Å². The number of rotatable bonds is 3. The maximum Gasteiger partial charge on any atom is 0.435 e. The zero-order valence-electron chi connectivity index (χ0n) is 16.3. The summed E-state index contributed by atoms with van der Waals surface area (Å²) in [5.74, 6) is 1.06. The summed E-state index contributed by atoms with van der Waals surface area (Å²) in [7, 11) is 0. The molecule has 0 bridgehead atoms. The monoisotopic (exact) mass is 396 g/mol. The van der Waals surface area contributed by atoms with Crippen molar-refractivity contribution in [3.63, 3.8) is 0 Å². The van der Waals surface area contributed by atoms with Crippen LogP contribution in [0.5, 0.6) is 0 Å². The molecule has 1 fully saturated rings. The highest BCUT2D eigenvalue weighted by molar-refractivity contribution is 5.96. The Hall–Kier alpha value is -2.65. The summed E-state index contributed by atoms with van der Waals surface area (Å²) in [6.45, 7) is 8.93. The molecule has 10 heteroatoms. The van der Waals surface area contributed by atoms with Gasteiger partial charge in [-0.1, -0.05) is 13.8 Å². The molecule has 1 amide bonds. The van der Waals surface area contributed by atoms with Crippen LogP contribution >= 0.6 is 0 Å². The van der Waals surface area contributed by atoms with Crippen LogP contribution in [-0.2, 0) is 6.18 Å². The number of carbonyl (C=O) groups is 1. The van der Waals surface area contributed by atoms with Crippen molar-refractivity contribution in [2.24, 2.45) is 0 Å². The number of alkyl halides is 3. The van der Waals surface area contributed by atoms with Crippen molar-refractivity contribution in [1.29, 1.82) is 0 Å². The van der Waals surface area contributed by atoms with E-state index >= 15 is 0 Å². The first-order valence-electron chi connectivity index (χ1n) is 9.10. The minimum absolute atomic E-state index is 0.118. The lowest BCUT2D eigenvalue weighted by Gasteiger charge is -2.35. The lowest BCUT2D eigenvalue weighted by atomic mass is 10.1. The lowest BCUT2D eigenvalue weighted by molar-refractivity contribution is -0.141. The lowest BCUT2D eigenvalue weighted by Crippen LogP contribution is -2.49. The number of aryl methyl sites for hydroxylation is 2. The first-order chi connectivity index (χ1) is 13.1. The van der Waals surface area contributed by atoms with Gasteiger partial charge in [0, 0.05) is 49.6 Å². The molecule has 0 atom stereocenters. The van der Waals surface area contributed by atoms with Crippen molar-refractivity contribution in [3.05, 3.63) is 34.5 Å². The van der Waals surface area contributed by atoms with Crippen molar-refractivity contribution < 1.29 is 18.0 Å². The van der Waals surface area contributed by atoms with Gasteiger partial charge in [-0.05, 0) is 13.8 Å². The van der Waals surface area contributed by atoms with E-state index in [1.165, 1.54) is 11.8 Å². The molecule has 0 aliphatic carbocycles. The molecule has 1 aliphatic heterocycles. The normalized spacial score (nSPS) is 15.4. The second-order valence-electron chi connectivity index (χ2n) is 7.23. The highest BCUT2D eigenvalue weighted by Gasteiger charge is 2.41. The van der Waals surface area contributed by atoms with Gasteiger partial charge < -0.3 is 9.80 Å². The maximum absolute atomic E-state index is 13.1. The number of hydrogen-bond acceptors (Lipinski definition) is 5. The molecule has 3 rings (SSSR count). The Balaban J connectivity index is 1.75. The molecule has 152 valence electrons. The van der Waals surface area contributed by atoms with Gasteiger partial charge in [0.2, 0.25) is 0 Å². The Bertz CT molecular complexity index is 869. The summed E-state index contributed by atoms with van der Waals surface area (Å²) in [6, 6.07) is 1.88. The Kier molecular flexibility index (Phi) is 5.31. The summed E-state index contributed by atoms with van der Waals surface area (Å²) < 4.78 is 39.4. The third-order valence-electron chi connectivity index (χ3n) is 4.69. The van der Waals surface area contributed by atoms with Crippen molar-refractivity contribution in [3.8, 4) is 0 Å². The molecule has 3 heterocycles. The van der Waals surface area contributed by atoms with E-state index in [-0.39, 0.29) is 11.6 Å². The van der Waals surface area contributed by atoms with E-state index < -0.39 is 23.3 Å². The summed E-state index contributed by atoms with van der Waals surface area (Å²) in [6.07, 6.45) is -4.68. The smallest absolute Gasteiger partial charge is 0.353 e. The molecular weight excluding hydrogens is 373 g/mol. The molecule has 7 nitrogen and oxygen atoms in total. The Morgan fingerprint density at radius 1 is 1.14 bits per heavy atom. The minimum atomic E-state index is -4.68. The molecular formula is C18H23F3N6O. The third-order valence-corrected chi connectivity index (χ3v) is 4.69. The van der Waals surface area contributed by atoms with Crippen LogP contribution in [0.4, 0.5) is 19.0 Å². The molecule has 0 radical (unpaired) electrons. The van der Waals surface area contributed by atoms with Crippen LogP contribution in [0.3, 0.4) is 0 Å². The van der Waals surface area contributed by atoms with Crippen LogP contribution in [0.15, 0.2) is 6.07 Å². The van der Waals surface area contributed by atoms with Crippen LogP contribution in [0.1, 0.15) is 53.0 Å². The van der Waals surface area contributed by atoms with Gasteiger partial charge in [0.25, 0.3) is 5.91 Å². The molecule has 0 saturated carbocycles. The molecule has 0 spiro atoms. The van der Waals surface area contributed by atoms with E-state index in [4.69, 9.17) is 0 Å². The van der Waals surface area contributed by atoms with Crippen LogP contribution in [0.25, 0.3) is 0 Å². The van der Waals surface area contributed by atoms with E-state index in [0.29, 0.717) is 26.2 Å². The largest absolute Gasteiger partial charge is 0.435 e. The molecule has 0 unspecified atom stereocenters. The first-order valence-corrected chi connectivity index (χ1v) is 9.10. The number of halogens is 3. The van der Waals surface area contributed by atoms with Gasteiger partial charge in [-0.2, -0.15) is 18.3 Å². The van der Waals surface area contributed by atoms with E-state index in [1.807, 2.05) is 31.7 Å². The fourth-order valence-electron chi connectivity index (χ4n) is 3.19. The number of hydrogen-bond donors (Lipinski definition) is 1. The number of anilines is 1. The number of amides is 1. The van der Waals surface area contributed by atoms with Crippen molar-refractivity contribution in [2.45, 2.75) is 39.8 Å². The van der Waals surface area contributed by atoms with Crippen LogP contribution < -0.4 is 4.90 Å². The molecule has 2 aromatic heterocycles. The van der Waals surface area contributed by atoms with Gasteiger partial charge in [-0.3, -0.25) is 9.89 Å². The van der Waals surface area contributed by atoms with E-state index in [9.17, 15) is 18.0 Å². The third kappa shape index (κ3) is 3.95. The quantitative estimate of drug-likeness (QED) is 0.863. The molecule has 28 heavy (non-hydrogen) atoms. The Morgan fingerprint density at radius 3 is 2.36 bits per heavy atom. The highest BCUT2D eigenvalue weighted by Crippen LogP contribution is 2.32. The summed E-state index contributed by atoms with van der Waals surface area (Å²) >= 11 is 0. The van der Waals surface area contributed by atoms with Gasteiger partial charge in [0.15, 0.2) is 5.69 Å². The van der Waals surface area contributed by atoms with E-state index in [1.54, 1.807) is 0 Å². The number of aromatic nitrogens is 4. The van der Waals surface area contributed by atoms with Crippen molar-refractivity contribution >= 4 is 11.7 Å². The summed E-state index contributed by atoms with van der Waals surface area (Å²) in [5, 5.41) is 5.55. The van der Waals surface area contributed by atoms with Crippen LogP contribution in [-0.4, -0.2) is 57.2 Å². The predicted octanol–water partition coefficient (Wildman–Crippen LogP) is 2.92. The zero-order valence-corrected chi connectivity index (χ0v) is 16.3. The Labute approximate surface area is 161 Å². The molecule has 1 saturated heterocycles. The van der Waals surface area contributed by atoms with Crippen molar-refractivity contribution in [2.75, 3.05) is 31.1 Å². The number of H-pyrrole nitrogens is 1. The highest BCUT2D eigenvalue weighted by atomic mass is 19.4. The standard InChI is InChI=1S/C18H23F3N6O/c1-10(2)16-22-11(3)9-13(23-16)26-5-7-27(8-6-26)17(28)14-12(4)24-25-15(14)18(19,20)21/h9-10H,5-8H2,1-4H3,(H,24,25). The number of carbonyl (C=O) groups excluding carboxylic acids is 1. The van der Waals surface area contributed by atoms with Gasteiger partial charge >= 0.3 is 6.18 Å². The molecule has 1 N–H and O–H groups in total. The molecule has 0 aromatic carbocycles. The van der Waals surface area contributed by atoms with Crippen molar-refractivity contribution in [1.82, 2.24) is 25.1 Å². The van der Waals surface area contributed by atoms with Gasteiger partial charge in [0.1, 0.15) is 11.6 Å². The molecule has 1 aliphatic rings. The fraction of sp³-hybridized carbons (Fsp3) is 0.556. The van der Waals surface area contributed by atoms with Gasteiger partial charge in [-0.15, -0.1) is 0 Å². The predicted molar refractivity (Wildman–Crippen MR) is 97.3 cm³/mol. The van der Waals surface area contributed by atoms with Crippen LogP contribution in [0, 0.1) is 13.8 Å². The van der Waals surface area contributed by atoms with Gasteiger partial charge in [0.05, 0.1) is 5.56 Å². The Morgan fingerprint density at radius 2 is 1.79 bits per heavy atom. The first kappa shape index (κ1) is 20.1. The SMILES string of the molecule is Cc1cc(N2CCN(C(=O)c3c(C(F)(F)F)n[nH]c3C)CC2)nc(C(C)C)n1. The zero-order chi connectivity index (χ0) is 20.6. The minimum Gasteiger partial charge on any atom is -0.353 e. The van der Waals surface area contributed by atoms with E-state index in [2.05, 4.69) is 20.2 Å². The molecule has 2 aromatic rings. The average molecular weight is 396 g/mol. The second-order valence-corrected chi connectivity index (χ2v) is 7.23. The summed E-state index contributed by atoms with van der Waals surface area (Å²) in [4.78, 5) is 25.2. The number of aromatic amines is 1. The number of nitrogens with zero attached hydrogens (tertiary/aromatic N) is 5. The maximum atomic E-state index is 13.1.